The lowest BCUT2D eigenvalue weighted by Crippen LogP contribution is -1.99. The van der Waals surface area contributed by atoms with E-state index >= 15 is 0 Å². The molecule has 0 aliphatic carbocycles. The third-order valence-electron chi connectivity index (χ3n) is 4.69. The van der Waals surface area contributed by atoms with Crippen LogP contribution in [0, 0.1) is 13.8 Å². The smallest absolute Gasteiger partial charge is 0.153 e. The molecule has 8 heteroatoms. The van der Waals surface area contributed by atoms with Crippen LogP contribution in [0.4, 0.5) is 11.4 Å². The number of aryl methyl sites for hydroxylation is 2. The molecule has 0 unspecified atom stereocenters. The average molecular weight is 461 g/mol. The molecule has 32 heavy (non-hydrogen) atoms. The lowest BCUT2D eigenvalue weighted by molar-refractivity contribution is 1.21. The largest absolute Gasteiger partial charge is 0.278 e. The van der Waals surface area contributed by atoms with E-state index in [1.54, 1.807) is 22.7 Å². The molecule has 0 amide bonds. The fraction of sp³-hybridized carbons (Fsp3) is 0.167. The summed E-state index contributed by atoms with van der Waals surface area (Å²) in [6, 6.07) is 19.8. The topological polar surface area (TPSA) is 74.6 Å². The predicted molar refractivity (Wildman–Crippen MR) is 137 cm³/mol. The molecule has 162 valence electrons. The van der Waals surface area contributed by atoms with Crippen LogP contribution in [-0.2, 0) is 0 Å². The van der Waals surface area contributed by atoms with Crippen molar-refractivity contribution in [3.63, 3.8) is 0 Å². The Labute approximate surface area is 195 Å². The number of nitrogens with one attached hydrogen (secondary N) is 2. The van der Waals surface area contributed by atoms with Crippen LogP contribution in [0.5, 0.6) is 0 Å². The van der Waals surface area contributed by atoms with Gasteiger partial charge in [0.1, 0.15) is 0 Å². The second-order valence-electron chi connectivity index (χ2n) is 7.22. The van der Waals surface area contributed by atoms with Crippen molar-refractivity contribution < 1.29 is 0 Å². The zero-order valence-electron chi connectivity index (χ0n) is 18.4. The summed E-state index contributed by atoms with van der Waals surface area (Å²) in [4.78, 5) is 11.6. The summed E-state index contributed by atoms with van der Waals surface area (Å²) in [5, 5.41) is 10.9. The molecule has 4 rings (SSSR count). The summed E-state index contributed by atoms with van der Waals surface area (Å²) in [5.74, 6) is 0. The van der Waals surface area contributed by atoms with Crippen LogP contribution < -0.4 is 10.9 Å². The predicted octanol–water partition coefficient (Wildman–Crippen LogP) is 6.56. The molecule has 0 aliphatic rings. The SMILES string of the molecule is C/C(=N/Nc1ccccc1)c1sc(-c2nc(C)c(/C(C)=N\Nc3ccccc3)s2)nc1C. The number of hydrogen-bond acceptors (Lipinski definition) is 8. The summed E-state index contributed by atoms with van der Waals surface area (Å²) in [5.41, 5.74) is 11.8. The van der Waals surface area contributed by atoms with Crippen LogP contribution in [0.25, 0.3) is 10.0 Å². The van der Waals surface area contributed by atoms with Crippen molar-refractivity contribution >= 4 is 45.5 Å². The van der Waals surface area contributed by atoms with Gasteiger partial charge in [-0.3, -0.25) is 10.9 Å². The first-order chi connectivity index (χ1) is 15.5. The van der Waals surface area contributed by atoms with E-state index in [4.69, 9.17) is 9.97 Å². The Hall–Kier alpha value is -3.36. The number of hydrazone groups is 2. The Balaban J connectivity index is 1.53. The number of hydrogen-bond donors (Lipinski definition) is 2. The molecule has 0 spiro atoms. The van der Waals surface area contributed by atoms with Crippen molar-refractivity contribution in [1.29, 1.82) is 0 Å². The third-order valence-corrected chi connectivity index (χ3v) is 7.36. The van der Waals surface area contributed by atoms with E-state index in [2.05, 4.69) is 21.1 Å². The highest BCUT2D eigenvalue weighted by atomic mass is 32.1. The van der Waals surface area contributed by atoms with E-state index < -0.39 is 0 Å². The van der Waals surface area contributed by atoms with E-state index in [1.165, 1.54) is 0 Å². The second kappa shape index (κ2) is 9.84. The molecule has 0 aliphatic heterocycles. The van der Waals surface area contributed by atoms with Gasteiger partial charge in [0.05, 0.1) is 43.9 Å². The minimum Gasteiger partial charge on any atom is -0.278 e. The normalized spacial score (nSPS) is 12.1. The van der Waals surface area contributed by atoms with Gasteiger partial charge in [0.15, 0.2) is 10.0 Å². The summed E-state index contributed by atoms with van der Waals surface area (Å²) >= 11 is 3.22. The molecule has 2 aromatic carbocycles. The van der Waals surface area contributed by atoms with Crippen LogP contribution in [-0.4, -0.2) is 21.4 Å². The Bertz CT molecular complexity index is 1160. The number of para-hydroxylation sites is 2. The van der Waals surface area contributed by atoms with Crippen molar-refractivity contribution in [2.75, 3.05) is 10.9 Å². The van der Waals surface area contributed by atoms with Crippen LogP contribution >= 0.6 is 22.7 Å². The van der Waals surface area contributed by atoms with Crippen LogP contribution in [0.1, 0.15) is 35.0 Å². The Morgan fingerprint density at radius 3 is 1.41 bits per heavy atom. The molecule has 0 radical (unpaired) electrons. The highest BCUT2D eigenvalue weighted by molar-refractivity contribution is 7.23. The van der Waals surface area contributed by atoms with Crippen LogP contribution in [0.2, 0.25) is 0 Å². The van der Waals surface area contributed by atoms with Gasteiger partial charge in [-0.15, -0.1) is 22.7 Å². The fourth-order valence-corrected chi connectivity index (χ4v) is 5.11. The number of benzene rings is 2. The number of rotatable bonds is 7. The van der Waals surface area contributed by atoms with Gasteiger partial charge in [0, 0.05) is 0 Å². The van der Waals surface area contributed by atoms with Crippen molar-refractivity contribution in [3.05, 3.63) is 81.8 Å². The van der Waals surface area contributed by atoms with Gasteiger partial charge in [0.25, 0.3) is 0 Å². The van der Waals surface area contributed by atoms with Crippen molar-refractivity contribution in [2.45, 2.75) is 27.7 Å². The molecule has 2 aromatic heterocycles. The first-order valence-electron chi connectivity index (χ1n) is 10.2. The molecule has 0 fully saturated rings. The van der Waals surface area contributed by atoms with Gasteiger partial charge >= 0.3 is 0 Å². The maximum absolute atomic E-state index is 4.77. The monoisotopic (exact) mass is 460 g/mol. The number of anilines is 2. The molecular weight excluding hydrogens is 436 g/mol. The third kappa shape index (κ3) is 5.09. The summed E-state index contributed by atoms with van der Waals surface area (Å²) in [6.45, 7) is 8.00. The molecule has 0 atom stereocenters. The highest BCUT2D eigenvalue weighted by Gasteiger charge is 2.18. The summed E-state index contributed by atoms with van der Waals surface area (Å²) in [7, 11) is 0. The van der Waals surface area contributed by atoms with Crippen molar-refractivity contribution in [1.82, 2.24) is 9.97 Å². The van der Waals surface area contributed by atoms with Gasteiger partial charge in [-0.2, -0.15) is 10.2 Å². The maximum atomic E-state index is 4.77. The van der Waals surface area contributed by atoms with Gasteiger partial charge < -0.3 is 0 Å². The van der Waals surface area contributed by atoms with Gasteiger partial charge in [-0.1, -0.05) is 36.4 Å². The molecular formula is C24H24N6S2. The van der Waals surface area contributed by atoms with E-state index in [0.29, 0.717) is 0 Å². The standard InChI is InChI=1S/C24H24N6S2/c1-15-21(17(3)27-29-19-11-7-5-8-12-19)31-23(25-15)24-26-16(2)22(32-24)18(4)28-30-20-13-9-6-10-14-20/h5-14,29-30H,1-4H3/b27-17-,28-18-. The summed E-state index contributed by atoms with van der Waals surface area (Å²) < 4.78 is 0. The van der Waals surface area contributed by atoms with Gasteiger partial charge in [-0.25, -0.2) is 9.97 Å². The molecule has 2 heterocycles. The number of aromatic nitrogens is 2. The number of nitrogens with zero attached hydrogens (tertiary/aromatic N) is 4. The van der Waals surface area contributed by atoms with E-state index in [0.717, 1.165) is 54.0 Å². The van der Waals surface area contributed by atoms with Gasteiger partial charge in [0.2, 0.25) is 0 Å². The Kier molecular flexibility index (Phi) is 6.72. The first kappa shape index (κ1) is 21.9. The molecule has 2 N–H and O–H groups in total. The number of thiazole rings is 2. The molecule has 6 nitrogen and oxygen atoms in total. The quantitative estimate of drug-likeness (QED) is 0.242. The Morgan fingerprint density at radius 1 is 0.656 bits per heavy atom. The minimum absolute atomic E-state index is 0.897. The summed E-state index contributed by atoms with van der Waals surface area (Å²) in [6.07, 6.45) is 0. The van der Waals surface area contributed by atoms with Crippen LogP contribution in [0.3, 0.4) is 0 Å². The zero-order chi connectivity index (χ0) is 22.5. The van der Waals surface area contributed by atoms with E-state index in [1.807, 2.05) is 88.4 Å². The molecule has 0 saturated carbocycles. The molecule has 4 aromatic rings. The highest BCUT2D eigenvalue weighted by Crippen LogP contribution is 2.33. The van der Waals surface area contributed by atoms with Gasteiger partial charge in [-0.05, 0) is 52.0 Å². The fourth-order valence-electron chi connectivity index (χ4n) is 3.07. The van der Waals surface area contributed by atoms with Crippen LogP contribution in [0.15, 0.2) is 70.9 Å². The Morgan fingerprint density at radius 2 is 1.03 bits per heavy atom. The maximum Gasteiger partial charge on any atom is 0.153 e. The lowest BCUT2D eigenvalue weighted by atomic mass is 10.3. The van der Waals surface area contributed by atoms with E-state index in [-0.39, 0.29) is 0 Å². The van der Waals surface area contributed by atoms with E-state index in [9.17, 15) is 0 Å². The second-order valence-corrected chi connectivity index (χ2v) is 9.22. The van der Waals surface area contributed by atoms with Crippen molar-refractivity contribution in [2.24, 2.45) is 10.2 Å². The molecule has 0 bridgehead atoms. The van der Waals surface area contributed by atoms with Crippen molar-refractivity contribution in [3.8, 4) is 10.0 Å². The molecule has 0 saturated heterocycles. The average Bonchev–Trinajstić information content (AvgIpc) is 3.40. The first-order valence-corrected chi connectivity index (χ1v) is 11.8. The minimum atomic E-state index is 0.897. The zero-order valence-corrected chi connectivity index (χ0v) is 20.0. The lowest BCUT2D eigenvalue weighted by Gasteiger charge is -2.01.